The minimum absolute atomic E-state index is 0.0372. The summed E-state index contributed by atoms with van der Waals surface area (Å²) in [4.78, 5) is 40.7. The average molecular weight is 613 g/mol. The molecule has 0 aliphatic carbocycles. The molecule has 0 bridgehead atoms. The number of hydrogen-bond acceptors (Lipinski definition) is 8. The van der Waals surface area contributed by atoms with Crippen LogP contribution in [-0.2, 0) is 27.3 Å². The fourth-order valence-corrected chi connectivity index (χ4v) is 4.05. The van der Waals surface area contributed by atoms with Gasteiger partial charge in [0.1, 0.15) is 22.9 Å². The molecule has 1 heterocycles. The molecule has 0 radical (unpaired) electrons. The highest BCUT2D eigenvalue weighted by molar-refractivity contribution is 6.30. The second-order valence-corrected chi connectivity index (χ2v) is 9.77. The average Bonchev–Trinajstić information content (AvgIpc) is 2.94. The molecule has 5 N–H and O–H groups in total. The molecular weight excluding hydrogens is 584 g/mol. The van der Waals surface area contributed by atoms with Crippen molar-refractivity contribution < 1.29 is 41.4 Å². The molecule has 0 saturated heterocycles. The van der Waals surface area contributed by atoms with Gasteiger partial charge in [-0.15, -0.1) is 0 Å². The number of fused-ring (bicyclic) bond motifs is 1. The minimum atomic E-state index is -5.39. The molecule has 0 aliphatic rings. The van der Waals surface area contributed by atoms with Gasteiger partial charge in [-0.3, -0.25) is 14.6 Å². The monoisotopic (exact) mass is 612 g/mol. The van der Waals surface area contributed by atoms with Gasteiger partial charge in [0.15, 0.2) is 5.75 Å². The first kappa shape index (κ1) is 32.7. The maximum absolute atomic E-state index is 15.0. The van der Waals surface area contributed by atoms with E-state index in [2.05, 4.69) is 15.0 Å². The van der Waals surface area contributed by atoms with E-state index in [0.717, 1.165) is 18.7 Å². The van der Waals surface area contributed by atoms with Crippen molar-refractivity contribution in [2.75, 3.05) is 13.2 Å². The Bertz CT molecular complexity index is 1420. The van der Waals surface area contributed by atoms with Crippen molar-refractivity contribution in [2.24, 2.45) is 11.5 Å². The summed E-state index contributed by atoms with van der Waals surface area (Å²) >= 11 is 5.85. The van der Waals surface area contributed by atoms with Crippen LogP contribution in [0.25, 0.3) is 10.9 Å². The summed E-state index contributed by atoms with van der Waals surface area (Å²) in [7, 11) is 0. The van der Waals surface area contributed by atoms with Crippen molar-refractivity contribution in [3.63, 3.8) is 0 Å². The van der Waals surface area contributed by atoms with E-state index in [4.69, 9.17) is 27.8 Å². The number of pyridine rings is 1. The molecule has 1 aromatic heterocycles. The number of ether oxygens (including phenoxy) is 2. The molecule has 1 unspecified atom stereocenters. The zero-order chi connectivity index (χ0) is 30.9. The van der Waals surface area contributed by atoms with E-state index in [1.807, 2.05) is 0 Å². The van der Waals surface area contributed by atoms with E-state index in [1.165, 1.54) is 6.07 Å². The molecule has 2 aromatic carbocycles. The van der Waals surface area contributed by atoms with Crippen LogP contribution in [0.2, 0.25) is 5.02 Å². The summed E-state index contributed by atoms with van der Waals surface area (Å²) in [6, 6.07) is 7.98. The van der Waals surface area contributed by atoms with Crippen molar-refractivity contribution in [3.05, 3.63) is 70.1 Å². The Morgan fingerprint density at radius 2 is 1.76 bits per heavy atom. The number of carbonyl (C=O) groups is 3. The smallest absolute Gasteiger partial charge is 0.465 e. The quantitative estimate of drug-likeness (QED) is 0.147. The van der Waals surface area contributed by atoms with Crippen LogP contribution < -0.4 is 21.5 Å². The lowest BCUT2D eigenvalue weighted by Crippen LogP contribution is -2.32. The number of halogens is 5. The van der Waals surface area contributed by atoms with Crippen molar-refractivity contribution in [3.8, 4) is 5.75 Å². The third kappa shape index (κ3) is 9.10. The molecule has 0 spiro atoms. The molecular formula is C28H29ClF4N4O5. The molecule has 0 aliphatic heterocycles. The lowest BCUT2D eigenvalue weighted by atomic mass is 10.0. The number of alkyl halides is 3. The van der Waals surface area contributed by atoms with Gasteiger partial charge in [0.25, 0.3) is 5.91 Å². The van der Waals surface area contributed by atoms with Crippen LogP contribution in [0.3, 0.4) is 0 Å². The largest absolute Gasteiger partial charge is 0.491 e. The Labute approximate surface area is 243 Å². The number of nitrogens with zero attached hydrogens (tertiary/aromatic N) is 1. The fraction of sp³-hybridized carbons (Fsp3) is 0.357. The van der Waals surface area contributed by atoms with Gasteiger partial charge in [-0.1, -0.05) is 30.2 Å². The SMILES string of the molecule is NCCCCC(N)C(=O)OCCCc1cc(F)c2ncc(C(=O)NCc3ccc(Cl)cc3)c(OC(=O)C(F)(F)F)c2c1. The van der Waals surface area contributed by atoms with Crippen molar-refractivity contribution in [1.29, 1.82) is 0 Å². The highest BCUT2D eigenvalue weighted by Gasteiger charge is 2.42. The minimum Gasteiger partial charge on any atom is -0.465 e. The van der Waals surface area contributed by atoms with Crippen LogP contribution in [-0.4, -0.2) is 48.2 Å². The molecule has 0 fully saturated rings. The number of hydrogen-bond donors (Lipinski definition) is 3. The maximum Gasteiger partial charge on any atom is 0.491 e. The Morgan fingerprint density at radius 3 is 2.43 bits per heavy atom. The first-order chi connectivity index (χ1) is 19.9. The summed E-state index contributed by atoms with van der Waals surface area (Å²) in [5.74, 6) is -5.82. The van der Waals surface area contributed by atoms with Crippen LogP contribution >= 0.6 is 11.6 Å². The van der Waals surface area contributed by atoms with E-state index >= 15 is 0 Å². The van der Waals surface area contributed by atoms with Gasteiger partial charge in [0.05, 0.1) is 6.61 Å². The predicted octanol–water partition coefficient (Wildman–Crippen LogP) is 4.36. The zero-order valence-corrected chi connectivity index (χ0v) is 23.1. The summed E-state index contributed by atoms with van der Waals surface area (Å²) in [5.41, 5.74) is 11.2. The topological polar surface area (TPSA) is 147 Å². The first-order valence-electron chi connectivity index (χ1n) is 13.0. The molecule has 3 rings (SSSR count). The van der Waals surface area contributed by atoms with Crippen LogP contribution in [0, 0.1) is 5.82 Å². The lowest BCUT2D eigenvalue weighted by Gasteiger charge is -2.15. The van der Waals surface area contributed by atoms with Gasteiger partial charge in [-0.25, -0.2) is 9.18 Å². The van der Waals surface area contributed by atoms with E-state index in [-0.39, 0.29) is 36.9 Å². The first-order valence-corrected chi connectivity index (χ1v) is 13.3. The fourth-order valence-electron chi connectivity index (χ4n) is 3.92. The number of carbonyl (C=O) groups excluding carboxylic acids is 3. The van der Waals surface area contributed by atoms with Gasteiger partial charge >= 0.3 is 18.1 Å². The van der Waals surface area contributed by atoms with E-state index in [9.17, 15) is 31.9 Å². The Kier molecular flexibility index (Phi) is 11.6. The van der Waals surface area contributed by atoms with Crippen molar-refractivity contribution in [1.82, 2.24) is 10.3 Å². The molecule has 42 heavy (non-hydrogen) atoms. The van der Waals surface area contributed by atoms with Crippen molar-refractivity contribution in [2.45, 2.75) is 50.9 Å². The molecule has 14 heteroatoms. The van der Waals surface area contributed by atoms with Crippen LogP contribution in [0.15, 0.2) is 42.6 Å². The summed E-state index contributed by atoms with van der Waals surface area (Å²) < 4.78 is 64.1. The molecule has 1 amide bonds. The lowest BCUT2D eigenvalue weighted by molar-refractivity contribution is -0.189. The number of unbranched alkanes of at least 4 members (excludes halogenated alkanes) is 1. The van der Waals surface area contributed by atoms with Gasteiger partial charge in [-0.05, 0) is 67.6 Å². The number of nitrogens with two attached hydrogens (primary N) is 2. The molecule has 1 atom stereocenters. The van der Waals surface area contributed by atoms with Gasteiger partial charge in [0.2, 0.25) is 0 Å². The number of esters is 2. The Hall–Kier alpha value is -3.81. The van der Waals surface area contributed by atoms with Crippen LogP contribution in [0.5, 0.6) is 5.75 Å². The number of amides is 1. The molecule has 3 aromatic rings. The zero-order valence-electron chi connectivity index (χ0n) is 22.3. The highest BCUT2D eigenvalue weighted by Crippen LogP contribution is 2.33. The maximum atomic E-state index is 15.0. The second-order valence-electron chi connectivity index (χ2n) is 9.33. The molecule has 226 valence electrons. The van der Waals surface area contributed by atoms with Crippen molar-refractivity contribution >= 4 is 40.3 Å². The van der Waals surface area contributed by atoms with E-state index in [1.54, 1.807) is 24.3 Å². The van der Waals surface area contributed by atoms with Gasteiger partial charge < -0.3 is 26.3 Å². The van der Waals surface area contributed by atoms with Gasteiger partial charge in [-0.2, -0.15) is 13.2 Å². The van der Waals surface area contributed by atoms with Crippen LogP contribution in [0.4, 0.5) is 17.6 Å². The summed E-state index contributed by atoms with van der Waals surface area (Å²) in [5, 5.41) is 2.65. The highest BCUT2D eigenvalue weighted by atomic mass is 35.5. The Balaban J connectivity index is 1.82. The third-order valence-corrected chi connectivity index (χ3v) is 6.35. The molecule has 0 saturated carbocycles. The summed E-state index contributed by atoms with van der Waals surface area (Å²) in [6.07, 6.45) is -2.42. The van der Waals surface area contributed by atoms with Gasteiger partial charge in [0, 0.05) is 23.2 Å². The predicted molar refractivity (Wildman–Crippen MR) is 146 cm³/mol. The Morgan fingerprint density at radius 1 is 1.05 bits per heavy atom. The van der Waals surface area contributed by atoms with Crippen LogP contribution in [0.1, 0.15) is 47.2 Å². The summed E-state index contributed by atoms with van der Waals surface area (Å²) in [6.45, 7) is 0.390. The number of aryl methyl sites for hydroxylation is 1. The normalized spacial score (nSPS) is 12.2. The van der Waals surface area contributed by atoms with E-state index < -0.39 is 52.7 Å². The van der Waals surface area contributed by atoms with E-state index in [0.29, 0.717) is 30.0 Å². The molecule has 9 nitrogen and oxygen atoms in total. The second kappa shape index (κ2) is 14.9. The number of benzene rings is 2. The number of rotatable bonds is 13. The standard InChI is InChI=1S/C28H29ClF4N4O5/c29-18-8-6-16(7-9-18)14-37-25(38)20-15-36-23-19(24(20)42-27(40)28(31,32)33)12-17(13-21(23)30)4-3-11-41-26(39)22(35)5-1-2-10-34/h6-9,12-13,15,22H,1-5,10-11,14,34-35H2,(H,37,38). The third-order valence-electron chi connectivity index (χ3n) is 6.10. The number of aromatic nitrogens is 1. The number of nitrogens with one attached hydrogen (secondary N) is 1.